The van der Waals surface area contributed by atoms with Gasteiger partial charge in [-0.3, -0.25) is 4.84 Å². The molecule has 3 heteroatoms. The summed E-state index contributed by atoms with van der Waals surface area (Å²) in [6, 6.07) is 0. The Kier molecular flexibility index (Phi) is 3.82. The van der Waals surface area contributed by atoms with E-state index in [4.69, 9.17) is 4.84 Å². The fourth-order valence-electron chi connectivity index (χ4n) is 0.0891. The van der Waals surface area contributed by atoms with Crippen LogP contribution in [0.25, 0.3) is 0 Å². The Bertz CT molecular complexity index is 32.0. The van der Waals surface area contributed by atoms with Crippen LogP contribution in [0.5, 0.6) is 0 Å². The minimum Gasteiger partial charge on any atom is -0.288 e. The van der Waals surface area contributed by atoms with Gasteiger partial charge in [0.15, 0.2) is 0 Å². The Morgan fingerprint density at radius 2 is 2.17 bits per heavy atom. The zero-order valence-electron chi connectivity index (χ0n) is 3.86. The standard InChI is InChI=1S/C3H8BrNO/c1-3(2)6-5-4/h3,5H,1-2H3. The van der Waals surface area contributed by atoms with Crippen molar-refractivity contribution in [2.75, 3.05) is 0 Å². The lowest BCUT2D eigenvalue weighted by Crippen LogP contribution is -2.08. The van der Waals surface area contributed by atoms with Crippen molar-refractivity contribution in [3.63, 3.8) is 0 Å². The summed E-state index contributed by atoms with van der Waals surface area (Å²) < 4.78 is 2.38. The second-order valence-corrected chi connectivity index (χ2v) is 1.57. The fourth-order valence-corrected chi connectivity index (χ4v) is 0.463. The molecule has 0 aliphatic rings. The quantitative estimate of drug-likeness (QED) is 0.477. The van der Waals surface area contributed by atoms with Gasteiger partial charge in [0.1, 0.15) is 0 Å². The molecule has 0 saturated carbocycles. The van der Waals surface area contributed by atoms with Crippen LogP contribution in [0.3, 0.4) is 0 Å². The Balaban J connectivity index is 2.63. The first-order chi connectivity index (χ1) is 2.77. The molecule has 0 radical (unpaired) electrons. The highest BCUT2D eigenvalue weighted by Crippen LogP contribution is 1.82. The molecule has 0 fully saturated rings. The van der Waals surface area contributed by atoms with Crippen LogP contribution in [0.15, 0.2) is 0 Å². The first-order valence-corrected chi connectivity index (χ1v) is 2.58. The van der Waals surface area contributed by atoms with Gasteiger partial charge in [0.05, 0.1) is 6.10 Å². The van der Waals surface area contributed by atoms with Crippen molar-refractivity contribution in [2.45, 2.75) is 20.0 Å². The second kappa shape index (κ2) is 3.59. The van der Waals surface area contributed by atoms with Gasteiger partial charge in [-0.25, -0.2) is 0 Å². The Hall–Kier alpha value is 0.400. The molecule has 2 nitrogen and oxygen atoms in total. The van der Waals surface area contributed by atoms with E-state index in [0.29, 0.717) is 0 Å². The summed E-state index contributed by atoms with van der Waals surface area (Å²) in [7, 11) is 0. The Morgan fingerprint density at radius 3 is 2.17 bits per heavy atom. The summed E-state index contributed by atoms with van der Waals surface area (Å²) in [6.07, 6.45) is 0.240. The van der Waals surface area contributed by atoms with Crippen LogP contribution in [0.2, 0.25) is 0 Å². The highest BCUT2D eigenvalue weighted by atomic mass is 79.9. The highest BCUT2D eigenvalue weighted by Gasteiger charge is 1.84. The third-order valence-corrected chi connectivity index (χ3v) is 0.467. The lowest BCUT2D eigenvalue weighted by Gasteiger charge is -1.99. The topological polar surface area (TPSA) is 21.3 Å². The van der Waals surface area contributed by atoms with Crippen molar-refractivity contribution >= 4 is 16.1 Å². The van der Waals surface area contributed by atoms with Gasteiger partial charge in [0.2, 0.25) is 0 Å². The molecule has 0 heterocycles. The minimum atomic E-state index is 0.240. The summed E-state index contributed by atoms with van der Waals surface area (Å²) in [5, 5.41) is 0. The van der Waals surface area contributed by atoms with E-state index >= 15 is 0 Å². The van der Waals surface area contributed by atoms with Crippen LogP contribution in [0, 0.1) is 0 Å². The molecule has 0 saturated heterocycles. The summed E-state index contributed by atoms with van der Waals surface area (Å²) in [5.74, 6) is 0. The van der Waals surface area contributed by atoms with Crippen molar-refractivity contribution in [1.82, 2.24) is 4.51 Å². The Morgan fingerprint density at radius 1 is 1.67 bits per heavy atom. The number of halogens is 1. The van der Waals surface area contributed by atoms with Crippen LogP contribution >= 0.6 is 16.1 Å². The maximum Gasteiger partial charge on any atom is 0.0745 e. The first kappa shape index (κ1) is 6.40. The van der Waals surface area contributed by atoms with Crippen molar-refractivity contribution in [3.05, 3.63) is 0 Å². The molecule has 0 unspecified atom stereocenters. The molecule has 0 aromatic heterocycles. The van der Waals surface area contributed by atoms with Gasteiger partial charge in [-0.05, 0) is 13.8 Å². The Labute approximate surface area is 46.2 Å². The smallest absolute Gasteiger partial charge is 0.0745 e. The molecule has 0 aliphatic heterocycles. The number of hydrogen-bond acceptors (Lipinski definition) is 2. The van der Waals surface area contributed by atoms with Crippen molar-refractivity contribution in [2.24, 2.45) is 0 Å². The second-order valence-electron chi connectivity index (χ2n) is 1.24. The summed E-state index contributed by atoms with van der Waals surface area (Å²) in [6.45, 7) is 3.88. The number of nitrogens with one attached hydrogen (secondary N) is 1. The molecule has 38 valence electrons. The molecule has 0 aromatic carbocycles. The third kappa shape index (κ3) is 4.40. The number of rotatable bonds is 2. The molecule has 0 rings (SSSR count). The normalized spacial score (nSPS) is 10.0. The molecule has 0 amide bonds. The molecular formula is C3H8BrNO. The van der Waals surface area contributed by atoms with E-state index in [9.17, 15) is 0 Å². The zero-order chi connectivity index (χ0) is 4.99. The van der Waals surface area contributed by atoms with Gasteiger partial charge in [-0.2, -0.15) is 0 Å². The fraction of sp³-hybridized carbons (Fsp3) is 1.00. The maximum atomic E-state index is 4.71. The molecule has 1 N–H and O–H groups in total. The first-order valence-electron chi connectivity index (χ1n) is 1.78. The molecular weight excluding hydrogens is 146 g/mol. The van der Waals surface area contributed by atoms with E-state index in [1.54, 1.807) is 0 Å². The van der Waals surface area contributed by atoms with Gasteiger partial charge >= 0.3 is 0 Å². The molecule has 6 heavy (non-hydrogen) atoms. The predicted molar refractivity (Wildman–Crippen MR) is 28.3 cm³/mol. The van der Waals surface area contributed by atoms with Gasteiger partial charge in [-0.15, -0.1) is 4.51 Å². The largest absolute Gasteiger partial charge is 0.288 e. The van der Waals surface area contributed by atoms with E-state index in [-0.39, 0.29) is 6.10 Å². The molecule has 0 spiro atoms. The van der Waals surface area contributed by atoms with Crippen molar-refractivity contribution < 1.29 is 4.84 Å². The van der Waals surface area contributed by atoms with E-state index < -0.39 is 0 Å². The lowest BCUT2D eigenvalue weighted by atomic mass is 10.5. The van der Waals surface area contributed by atoms with E-state index in [1.807, 2.05) is 13.8 Å². The lowest BCUT2D eigenvalue weighted by molar-refractivity contribution is 0.0517. The molecule has 0 aromatic rings. The van der Waals surface area contributed by atoms with Crippen molar-refractivity contribution in [1.29, 1.82) is 0 Å². The van der Waals surface area contributed by atoms with Crippen LogP contribution in [0.1, 0.15) is 13.8 Å². The zero-order valence-corrected chi connectivity index (χ0v) is 5.45. The third-order valence-electron chi connectivity index (χ3n) is 0.280. The van der Waals surface area contributed by atoms with Crippen LogP contribution in [-0.4, -0.2) is 6.10 Å². The van der Waals surface area contributed by atoms with Crippen molar-refractivity contribution in [3.8, 4) is 0 Å². The monoisotopic (exact) mass is 153 g/mol. The highest BCUT2D eigenvalue weighted by molar-refractivity contribution is 9.07. The summed E-state index contributed by atoms with van der Waals surface area (Å²) >= 11 is 2.88. The van der Waals surface area contributed by atoms with Gasteiger partial charge in [0, 0.05) is 16.1 Å². The minimum absolute atomic E-state index is 0.240. The molecule has 0 aliphatic carbocycles. The average Bonchev–Trinajstić information content (AvgIpc) is 1.35. The number of hydrogen-bond donors (Lipinski definition) is 1. The van der Waals surface area contributed by atoms with E-state index in [2.05, 4.69) is 20.7 Å². The van der Waals surface area contributed by atoms with Crippen LogP contribution in [-0.2, 0) is 4.84 Å². The SMILES string of the molecule is CC(C)ONBr. The van der Waals surface area contributed by atoms with Crippen LogP contribution in [0.4, 0.5) is 0 Å². The summed E-state index contributed by atoms with van der Waals surface area (Å²) in [4.78, 5) is 4.71. The van der Waals surface area contributed by atoms with Crippen LogP contribution < -0.4 is 4.51 Å². The van der Waals surface area contributed by atoms with Gasteiger partial charge < -0.3 is 0 Å². The molecule has 0 bridgehead atoms. The van der Waals surface area contributed by atoms with E-state index in [0.717, 1.165) is 0 Å². The van der Waals surface area contributed by atoms with Gasteiger partial charge in [0.25, 0.3) is 0 Å². The van der Waals surface area contributed by atoms with Gasteiger partial charge in [-0.1, -0.05) is 0 Å². The maximum absolute atomic E-state index is 4.71. The average molecular weight is 154 g/mol. The predicted octanol–water partition coefficient (Wildman–Crippen LogP) is 1.23. The molecule has 0 atom stereocenters. The summed E-state index contributed by atoms with van der Waals surface area (Å²) in [5.41, 5.74) is 0. The van der Waals surface area contributed by atoms with E-state index in [1.165, 1.54) is 0 Å².